The van der Waals surface area contributed by atoms with Crippen LogP contribution in [0.1, 0.15) is 29.9 Å². The smallest absolute Gasteiger partial charge is 0.339 e. The van der Waals surface area contributed by atoms with Crippen LogP contribution in [0.25, 0.3) is 0 Å². The third-order valence-electron chi connectivity index (χ3n) is 3.11. The fourth-order valence-corrected chi connectivity index (χ4v) is 1.60. The molecule has 0 aromatic carbocycles. The molecule has 1 rings (SSSR count). The minimum absolute atomic E-state index is 0.343. The van der Waals surface area contributed by atoms with Gasteiger partial charge < -0.3 is 15.0 Å². The summed E-state index contributed by atoms with van der Waals surface area (Å²) in [5, 5.41) is 3.29. The Hall–Kier alpha value is -1.46. The number of carbonyl (C=O) groups excluding carboxylic acids is 1. The van der Waals surface area contributed by atoms with Crippen molar-refractivity contribution in [1.82, 2.24) is 15.2 Å². The van der Waals surface area contributed by atoms with Gasteiger partial charge in [-0.1, -0.05) is 0 Å². The zero-order valence-electron chi connectivity index (χ0n) is 12.1. The molecule has 1 aromatic rings. The first-order valence-corrected chi connectivity index (χ1v) is 6.49. The lowest BCUT2D eigenvalue weighted by atomic mass is 10.2. The number of rotatable bonds is 7. The van der Waals surface area contributed by atoms with E-state index in [9.17, 15) is 4.79 Å². The van der Waals surface area contributed by atoms with E-state index in [1.165, 1.54) is 7.11 Å². The average molecular weight is 265 g/mol. The van der Waals surface area contributed by atoms with E-state index in [1.807, 2.05) is 0 Å². The predicted octanol–water partition coefficient (Wildman–Crippen LogP) is 1.30. The minimum atomic E-state index is -0.343. The minimum Gasteiger partial charge on any atom is -0.465 e. The molecule has 0 aliphatic carbocycles. The Balaban J connectivity index is 2.47. The normalized spacial score (nSPS) is 11.1. The Morgan fingerprint density at radius 3 is 2.89 bits per heavy atom. The van der Waals surface area contributed by atoms with E-state index in [4.69, 9.17) is 4.74 Å². The highest BCUT2D eigenvalue weighted by molar-refractivity contribution is 5.90. The van der Waals surface area contributed by atoms with Gasteiger partial charge in [-0.05, 0) is 33.0 Å². The lowest BCUT2D eigenvalue weighted by Crippen LogP contribution is -2.33. The third kappa shape index (κ3) is 4.96. The maximum Gasteiger partial charge on any atom is 0.339 e. The van der Waals surface area contributed by atoms with Crippen molar-refractivity contribution in [3.05, 3.63) is 29.6 Å². The summed E-state index contributed by atoms with van der Waals surface area (Å²) in [7, 11) is 3.47. The van der Waals surface area contributed by atoms with Gasteiger partial charge in [-0.2, -0.15) is 0 Å². The molecule has 1 heterocycles. The molecule has 0 saturated carbocycles. The first kappa shape index (κ1) is 15.6. The van der Waals surface area contributed by atoms with Gasteiger partial charge >= 0.3 is 5.97 Å². The number of hydrogen-bond donors (Lipinski definition) is 1. The summed E-state index contributed by atoms with van der Waals surface area (Å²) in [5.41, 5.74) is 1.25. The molecule has 5 heteroatoms. The van der Waals surface area contributed by atoms with E-state index >= 15 is 0 Å². The first-order valence-electron chi connectivity index (χ1n) is 6.49. The molecule has 0 unspecified atom stereocenters. The summed E-state index contributed by atoms with van der Waals surface area (Å²) in [6.07, 6.45) is 1.68. The van der Waals surface area contributed by atoms with E-state index in [0.717, 1.165) is 18.8 Å². The maximum atomic E-state index is 11.6. The number of aromatic nitrogens is 1. The average Bonchev–Trinajstić information content (AvgIpc) is 2.42. The Bertz CT molecular complexity index is 407. The number of nitrogens with one attached hydrogen (secondary N) is 1. The van der Waals surface area contributed by atoms with Crippen molar-refractivity contribution < 1.29 is 9.53 Å². The molecule has 0 fully saturated rings. The summed E-state index contributed by atoms with van der Waals surface area (Å²) in [6, 6.07) is 4.00. The van der Waals surface area contributed by atoms with Crippen LogP contribution in [0.15, 0.2) is 18.3 Å². The van der Waals surface area contributed by atoms with Crippen LogP contribution in [-0.2, 0) is 11.3 Å². The summed E-state index contributed by atoms with van der Waals surface area (Å²) in [5.74, 6) is -0.343. The van der Waals surface area contributed by atoms with Crippen LogP contribution >= 0.6 is 0 Å². The van der Waals surface area contributed by atoms with Gasteiger partial charge in [-0.25, -0.2) is 4.79 Å². The Kier molecular flexibility index (Phi) is 6.45. The lowest BCUT2D eigenvalue weighted by Gasteiger charge is -2.21. The van der Waals surface area contributed by atoms with Gasteiger partial charge in [-0.3, -0.25) is 4.98 Å². The molecule has 0 spiro atoms. The van der Waals surface area contributed by atoms with Gasteiger partial charge in [0.25, 0.3) is 0 Å². The summed E-state index contributed by atoms with van der Waals surface area (Å²) < 4.78 is 4.74. The molecule has 0 bridgehead atoms. The SMILES string of the molecule is COC(=O)c1cccnc1CNCCN(C)C(C)C. The van der Waals surface area contributed by atoms with Crippen LogP contribution in [0.4, 0.5) is 0 Å². The van der Waals surface area contributed by atoms with E-state index in [1.54, 1.807) is 18.3 Å². The second-order valence-corrected chi connectivity index (χ2v) is 4.74. The summed E-state index contributed by atoms with van der Waals surface area (Å²) >= 11 is 0. The highest BCUT2D eigenvalue weighted by Gasteiger charge is 2.11. The molecule has 5 nitrogen and oxygen atoms in total. The molecule has 1 N–H and O–H groups in total. The molecule has 0 aliphatic rings. The molecule has 1 aromatic heterocycles. The number of carbonyl (C=O) groups is 1. The summed E-state index contributed by atoms with van der Waals surface area (Å²) in [4.78, 5) is 18.0. The van der Waals surface area contributed by atoms with Gasteiger partial charge in [0.2, 0.25) is 0 Å². The molecule has 0 radical (unpaired) electrons. The number of methoxy groups -OCH3 is 1. The fraction of sp³-hybridized carbons (Fsp3) is 0.571. The monoisotopic (exact) mass is 265 g/mol. The first-order chi connectivity index (χ1) is 9.06. The Morgan fingerprint density at radius 2 is 2.26 bits per heavy atom. The van der Waals surface area contributed by atoms with Crippen molar-refractivity contribution in [2.45, 2.75) is 26.4 Å². The largest absolute Gasteiger partial charge is 0.465 e. The van der Waals surface area contributed by atoms with Crippen molar-refractivity contribution in [2.24, 2.45) is 0 Å². The second kappa shape index (κ2) is 7.86. The van der Waals surface area contributed by atoms with Crippen molar-refractivity contribution in [3.8, 4) is 0 Å². The van der Waals surface area contributed by atoms with Crippen molar-refractivity contribution in [3.63, 3.8) is 0 Å². The van der Waals surface area contributed by atoms with E-state index in [-0.39, 0.29) is 5.97 Å². The van der Waals surface area contributed by atoms with Gasteiger partial charge in [0.1, 0.15) is 0 Å². The van der Waals surface area contributed by atoms with E-state index < -0.39 is 0 Å². The maximum absolute atomic E-state index is 11.6. The molecular formula is C14H23N3O2. The van der Waals surface area contributed by atoms with Crippen LogP contribution in [0.5, 0.6) is 0 Å². The number of nitrogens with zero attached hydrogens (tertiary/aromatic N) is 2. The van der Waals surface area contributed by atoms with E-state index in [0.29, 0.717) is 18.2 Å². The fourth-order valence-electron chi connectivity index (χ4n) is 1.60. The zero-order chi connectivity index (χ0) is 14.3. The topological polar surface area (TPSA) is 54.5 Å². The number of esters is 1. The van der Waals surface area contributed by atoms with Gasteiger partial charge in [0.05, 0.1) is 18.4 Å². The van der Waals surface area contributed by atoms with Crippen LogP contribution in [-0.4, -0.2) is 49.1 Å². The zero-order valence-corrected chi connectivity index (χ0v) is 12.1. The quantitative estimate of drug-likeness (QED) is 0.595. The Morgan fingerprint density at radius 1 is 1.53 bits per heavy atom. The van der Waals surface area contributed by atoms with Gasteiger partial charge in [0, 0.05) is 31.9 Å². The molecule has 0 aliphatic heterocycles. The highest BCUT2D eigenvalue weighted by atomic mass is 16.5. The molecular weight excluding hydrogens is 242 g/mol. The number of likely N-dealkylation sites (N-methyl/N-ethyl adjacent to an activating group) is 1. The highest BCUT2D eigenvalue weighted by Crippen LogP contribution is 2.06. The molecule has 19 heavy (non-hydrogen) atoms. The van der Waals surface area contributed by atoms with Crippen LogP contribution < -0.4 is 5.32 Å². The number of ether oxygens (including phenoxy) is 1. The van der Waals surface area contributed by atoms with Gasteiger partial charge in [0.15, 0.2) is 0 Å². The van der Waals surface area contributed by atoms with E-state index in [2.05, 4.69) is 36.1 Å². The Labute approximate surface area is 115 Å². The van der Waals surface area contributed by atoms with Crippen LogP contribution in [0, 0.1) is 0 Å². The summed E-state index contributed by atoms with van der Waals surface area (Å²) in [6.45, 7) is 6.70. The van der Waals surface area contributed by atoms with Crippen LogP contribution in [0.2, 0.25) is 0 Å². The molecule has 0 saturated heterocycles. The number of pyridine rings is 1. The predicted molar refractivity (Wildman–Crippen MR) is 75.0 cm³/mol. The standard InChI is InChI=1S/C14H23N3O2/c1-11(2)17(3)9-8-15-10-13-12(14(18)19-4)6-5-7-16-13/h5-7,11,15H,8-10H2,1-4H3. The molecule has 0 amide bonds. The molecule has 106 valence electrons. The molecule has 0 atom stereocenters. The van der Waals surface area contributed by atoms with Crippen molar-refractivity contribution in [2.75, 3.05) is 27.2 Å². The van der Waals surface area contributed by atoms with Crippen molar-refractivity contribution in [1.29, 1.82) is 0 Å². The third-order valence-corrected chi connectivity index (χ3v) is 3.11. The van der Waals surface area contributed by atoms with Crippen molar-refractivity contribution >= 4 is 5.97 Å². The van der Waals surface area contributed by atoms with Crippen LogP contribution in [0.3, 0.4) is 0 Å². The lowest BCUT2D eigenvalue weighted by molar-refractivity contribution is 0.0598. The van der Waals surface area contributed by atoms with Gasteiger partial charge in [-0.15, -0.1) is 0 Å². The number of hydrogen-bond acceptors (Lipinski definition) is 5. The second-order valence-electron chi connectivity index (χ2n) is 4.74.